The van der Waals surface area contributed by atoms with Crippen LogP contribution in [0.5, 0.6) is 0 Å². The van der Waals surface area contributed by atoms with Gasteiger partial charge in [0.25, 0.3) is 0 Å². The molecule has 0 aromatic heterocycles. The fourth-order valence-corrected chi connectivity index (χ4v) is 2.69. The van der Waals surface area contributed by atoms with Gasteiger partial charge in [0, 0.05) is 12.0 Å². The monoisotopic (exact) mass is 304 g/mol. The zero-order valence-electron chi connectivity index (χ0n) is 13.6. The van der Waals surface area contributed by atoms with E-state index in [1.54, 1.807) is 20.8 Å². The summed E-state index contributed by atoms with van der Waals surface area (Å²) in [5, 5.41) is 5.61. The molecule has 1 aliphatic rings. The van der Waals surface area contributed by atoms with Crippen LogP contribution in [0.25, 0.3) is 0 Å². The van der Waals surface area contributed by atoms with Crippen molar-refractivity contribution < 1.29 is 14.3 Å². The van der Waals surface area contributed by atoms with Crippen LogP contribution in [-0.4, -0.2) is 29.7 Å². The van der Waals surface area contributed by atoms with Crippen LogP contribution in [0.1, 0.15) is 45.6 Å². The molecule has 0 radical (unpaired) electrons. The average molecular weight is 304 g/mol. The highest BCUT2D eigenvalue weighted by Crippen LogP contribution is 2.28. The summed E-state index contributed by atoms with van der Waals surface area (Å²) >= 11 is 0. The van der Waals surface area contributed by atoms with E-state index >= 15 is 0 Å². The predicted octanol–water partition coefficient (Wildman–Crippen LogP) is 2.57. The van der Waals surface area contributed by atoms with E-state index in [2.05, 4.69) is 10.6 Å². The minimum atomic E-state index is -0.582. The molecule has 1 fully saturated rings. The molecule has 1 saturated heterocycles. The molecule has 1 aliphatic heterocycles. The van der Waals surface area contributed by atoms with Gasteiger partial charge in [0.05, 0.1) is 0 Å². The van der Waals surface area contributed by atoms with Crippen LogP contribution in [0.15, 0.2) is 30.3 Å². The summed E-state index contributed by atoms with van der Waals surface area (Å²) in [7, 11) is 0. The molecule has 1 aromatic carbocycles. The number of carbonyl (C=O) groups is 2. The van der Waals surface area contributed by atoms with Gasteiger partial charge in [-0.15, -0.1) is 0 Å². The van der Waals surface area contributed by atoms with Gasteiger partial charge in [-0.3, -0.25) is 4.79 Å². The third-order valence-electron chi connectivity index (χ3n) is 3.70. The normalized spacial score (nSPS) is 25.3. The van der Waals surface area contributed by atoms with Crippen LogP contribution >= 0.6 is 0 Å². The van der Waals surface area contributed by atoms with Crippen LogP contribution in [0, 0.1) is 0 Å². The zero-order valence-corrected chi connectivity index (χ0v) is 13.6. The molecule has 1 heterocycles. The van der Waals surface area contributed by atoms with Gasteiger partial charge < -0.3 is 15.4 Å². The summed E-state index contributed by atoms with van der Waals surface area (Å²) in [6.07, 6.45) is 0.00463. The van der Waals surface area contributed by atoms with Crippen molar-refractivity contribution in [2.45, 2.75) is 57.7 Å². The Hall–Kier alpha value is -2.04. The van der Waals surface area contributed by atoms with Gasteiger partial charge >= 0.3 is 6.09 Å². The fraction of sp³-hybridized carbons (Fsp3) is 0.529. The molecule has 0 spiro atoms. The maximum atomic E-state index is 12.1. The van der Waals surface area contributed by atoms with Crippen molar-refractivity contribution >= 4 is 12.0 Å². The molecule has 0 bridgehead atoms. The number of ether oxygens (including phenoxy) is 1. The van der Waals surface area contributed by atoms with E-state index in [0.717, 1.165) is 5.56 Å². The summed E-state index contributed by atoms with van der Waals surface area (Å²) in [5.41, 5.74) is 0.576. The van der Waals surface area contributed by atoms with Crippen molar-refractivity contribution in [3.8, 4) is 0 Å². The molecule has 0 unspecified atom stereocenters. The molecule has 0 aliphatic carbocycles. The van der Waals surface area contributed by atoms with E-state index in [1.807, 2.05) is 37.3 Å². The zero-order chi connectivity index (χ0) is 16.3. The molecule has 2 N–H and O–H groups in total. The minimum absolute atomic E-state index is 0.0339. The number of rotatable bonds is 2. The summed E-state index contributed by atoms with van der Waals surface area (Å²) in [6, 6.07) is 9.48. The topological polar surface area (TPSA) is 67.4 Å². The van der Waals surface area contributed by atoms with Gasteiger partial charge in [-0.1, -0.05) is 30.3 Å². The Labute approximate surface area is 131 Å². The molecule has 2 amide bonds. The first-order chi connectivity index (χ1) is 10.3. The first-order valence-electron chi connectivity index (χ1n) is 7.61. The van der Waals surface area contributed by atoms with E-state index in [1.165, 1.54) is 0 Å². The maximum absolute atomic E-state index is 12.1. The fourth-order valence-electron chi connectivity index (χ4n) is 2.69. The second kappa shape index (κ2) is 6.38. The lowest BCUT2D eigenvalue weighted by atomic mass is 9.83. The quantitative estimate of drug-likeness (QED) is 0.882. The van der Waals surface area contributed by atoms with Crippen LogP contribution in [0.2, 0.25) is 0 Å². The van der Waals surface area contributed by atoms with Gasteiger partial charge in [0.1, 0.15) is 11.6 Å². The number of benzene rings is 1. The van der Waals surface area contributed by atoms with E-state index < -0.39 is 17.7 Å². The SMILES string of the molecule is C[C@@H]1NC(=O)[C@@H](NC(=O)OC(C)(C)C)C[C@H]1c1ccccc1. The van der Waals surface area contributed by atoms with Crippen LogP contribution < -0.4 is 10.6 Å². The van der Waals surface area contributed by atoms with Crippen molar-refractivity contribution in [3.05, 3.63) is 35.9 Å². The first-order valence-corrected chi connectivity index (χ1v) is 7.61. The lowest BCUT2D eigenvalue weighted by Gasteiger charge is -2.35. The first kappa shape index (κ1) is 16.3. The van der Waals surface area contributed by atoms with Crippen molar-refractivity contribution in [1.82, 2.24) is 10.6 Å². The lowest BCUT2D eigenvalue weighted by Crippen LogP contribution is -2.56. The Bertz CT molecular complexity index is 537. The van der Waals surface area contributed by atoms with Gasteiger partial charge in [-0.2, -0.15) is 0 Å². The molecule has 5 heteroatoms. The summed E-state index contributed by atoms with van der Waals surface area (Å²) in [4.78, 5) is 24.0. The molecule has 5 nitrogen and oxygen atoms in total. The highest BCUT2D eigenvalue weighted by atomic mass is 16.6. The van der Waals surface area contributed by atoms with E-state index in [4.69, 9.17) is 4.74 Å². The van der Waals surface area contributed by atoms with Gasteiger partial charge in [0.2, 0.25) is 5.91 Å². The second-order valence-electron chi connectivity index (χ2n) is 6.75. The molecular weight excluding hydrogens is 280 g/mol. The second-order valence-corrected chi connectivity index (χ2v) is 6.75. The van der Waals surface area contributed by atoms with Crippen LogP contribution in [0.4, 0.5) is 4.79 Å². The van der Waals surface area contributed by atoms with Gasteiger partial charge in [-0.05, 0) is 39.7 Å². The third-order valence-corrected chi connectivity index (χ3v) is 3.70. The molecular formula is C17H24N2O3. The lowest BCUT2D eigenvalue weighted by molar-refractivity contribution is -0.126. The Morgan fingerprint density at radius 3 is 2.50 bits per heavy atom. The number of piperidine rings is 1. The molecule has 120 valence electrons. The smallest absolute Gasteiger partial charge is 0.408 e. The van der Waals surface area contributed by atoms with Crippen molar-refractivity contribution in [1.29, 1.82) is 0 Å². The van der Waals surface area contributed by atoms with Crippen molar-refractivity contribution in [2.24, 2.45) is 0 Å². The Morgan fingerprint density at radius 2 is 1.91 bits per heavy atom. The van der Waals surface area contributed by atoms with Crippen LogP contribution in [0.3, 0.4) is 0 Å². The minimum Gasteiger partial charge on any atom is -0.444 e. The summed E-state index contributed by atoms with van der Waals surface area (Å²) < 4.78 is 5.23. The van der Waals surface area contributed by atoms with E-state index in [-0.39, 0.29) is 17.9 Å². The molecule has 1 aromatic rings. The number of carbonyl (C=O) groups excluding carboxylic acids is 2. The highest BCUT2D eigenvalue weighted by molar-refractivity contribution is 5.86. The number of amides is 2. The Morgan fingerprint density at radius 1 is 1.27 bits per heavy atom. The van der Waals surface area contributed by atoms with Crippen LogP contribution in [-0.2, 0) is 9.53 Å². The number of alkyl carbamates (subject to hydrolysis) is 1. The van der Waals surface area contributed by atoms with Crippen molar-refractivity contribution in [2.75, 3.05) is 0 Å². The molecule has 0 saturated carbocycles. The average Bonchev–Trinajstić information content (AvgIpc) is 2.41. The Balaban J connectivity index is 2.06. The number of nitrogens with one attached hydrogen (secondary N) is 2. The number of hydrogen-bond donors (Lipinski definition) is 2. The van der Waals surface area contributed by atoms with Crippen molar-refractivity contribution in [3.63, 3.8) is 0 Å². The highest BCUT2D eigenvalue weighted by Gasteiger charge is 2.35. The number of hydrogen-bond acceptors (Lipinski definition) is 3. The third kappa shape index (κ3) is 4.23. The van der Waals surface area contributed by atoms with Gasteiger partial charge in [0.15, 0.2) is 0 Å². The molecule has 22 heavy (non-hydrogen) atoms. The van der Waals surface area contributed by atoms with Gasteiger partial charge in [-0.25, -0.2) is 4.79 Å². The van der Waals surface area contributed by atoms with E-state index in [9.17, 15) is 9.59 Å². The maximum Gasteiger partial charge on any atom is 0.408 e. The summed E-state index contributed by atoms with van der Waals surface area (Å²) in [5.74, 6) is 0.00405. The summed E-state index contributed by atoms with van der Waals surface area (Å²) in [6.45, 7) is 7.37. The standard InChI is InChI=1S/C17H24N2O3/c1-11-13(12-8-6-5-7-9-12)10-14(15(20)18-11)19-16(21)22-17(2,3)4/h5-9,11,13-14H,10H2,1-4H3,(H,18,20)(H,19,21)/t11-,13+,14-/m0/s1. The largest absolute Gasteiger partial charge is 0.444 e. The predicted molar refractivity (Wildman–Crippen MR) is 84.6 cm³/mol. The van der Waals surface area contributed by atoms with E-state index in [0.29, 0.717) is 6.42 Å². The Kier molecular flexibility index (Phi) is 4.74. The molecule has 2 rings (SSSR count). The molecule has 3 atom stereocenters.